The maximum absolute atomic E-state index is 11.8. The predicted octanol–water partition coefficient (Wildman–Crippen LogP) is 1.42. The number of aromatic amines is 1. The summed E-state index contributed by atoms with van der Waals surface area (Å²) in [6.45, 7) is 5.67. The van der Waals surface area contributed by atoms with Gasteiger partial charge in [-0.25, -0.2) is 4.98 Å². The third-order valence-corrected chi connectivity index (χ3v) is 4.45. The Labute approximate surface area is 145 Å². The highest BCUT2D eigenvalue weighted by molar-refractivity contribution is 5.43. The Bertz CT molecular complexity index is 820. The fourth-order valence-corrected chi connectivity index (χ4v) is 3.29. The normalized spacial score (nSPS) is 20.4. The molecule has 7 nitrogen and oxygen atoms in total. The van der Waals surface area contributed by atoms with Crippen molar-refractivity contribution >= 4 is 0 Å². The SMILES string of the molecule is Cc1nc([C@H]2COCCN2Cc2ccc3c(c2)OCCO3)cc(=O)[nH]1. The van der Waals surface area contributed by atoms with Crippen LogP contribution in [0.1, 0.15) is 23.1 Å². The zero-order valence-corrected chi connectivity index (χ0v) is 14.2. The first-order chi connectivity index (χ1) is 12.2. The van der Waals surface area contributed by atoms with E-state index in [1.54, 1.807) is 13.0 Å². The molecule has 3 heterocycles. The van der Waals surface area contributed by atoms with Crippen molar-refractivity contribution in [2.75, 3.05) is 33.0 Å². The number of nitrogens with one attached hydrogen (secondary N) is 1. The van der Waals surface area contributed by atoms with E-state index in [0.29, 0.717) is 32.3 Å². The summed E-state index contributed by atoms with van der Waals surface area (Å²) < 4.78 is 16.9. The Hall–Kier alpha value is -2.38. The van der Waals surface area contributed by atoms with Gasteiger partial charge in [0.1, 0.15) is 19.0 Å². The first-order valence-corrected chi connectivity index (χ1v) is 8.47. The van der Waals surface area contributed by atoms with Gasteiger partial charge in [0.15, 0.2) is 11.5 Å². The largest absolute Gasteiger partial charge is 0.486 e. The van der Waals surface area contributed by atoms with E-state index in [1.165, 1.54) is 0 Å². The van der Waals surface area contributed by atoms with Crippen LogP contribution in [0, 0.1) is 6.92 Å². The van der Waals surface area contributed by atoms with E-state index < -0.39 is 0 Å². The van der Waals surface area contributed by atoms with Gasteiger partial charge < -0.3 is 19.2 Å². The molecule has 0 radical (unpaired) electrons. The molecule has 1 fully saturated rings. The summed E-state index contributed by atoms with van der Waals surface area (Å²) in [5.41, 5.74) is 1.75. The van der Waals surface area contributed by atoms with Crippen molar-refractivity contribution in [3.63, 3.8) is 0 Å². The molecule has 0 saturated carbocycles. The Morgan fingerprint density at radius 1 is 1.20 bits per heavy atom. The van der Waals surface area contributed by atoms with Crippen LogP contribution in [-0.2, 0) is 11.3 Å². The minimum atomic E-state index is -0.132. The number of ether oxygens (including phenoxy) is 3. The van der Waals surface area contributed by atoms with Crippen molar-refractivity contribution in [3.05, 3.63) is 51.7 Å². The number of fused-ring (bicyclic) bond motifs is 1. The van der Waals surface area contributed by atoms with Gasteiger partial charge in [-0.15, -0.1) is 0 Å². The van der Waals surface area contributed by atoms with E-state index in [1.807, 2.05) is 12.1 Å². The van der Waals surface area contributed by atoms with Gasteiger partial charge in [0.05, 0.1) is 24.9 Å². The van der Waals surface area contributed by atoms with Crippen molar-refractivity contribution in [2.24, 2.45) is 0 Å². The van der Waals surface area contributed by atoms with Crippen LogP contribution in [-0.4, -0.2) is 47.8 Å². The van der Waals surface area contributed by atoms with E-state index in [9.17, 15) is 4.79 Å². The molecule has 1 saturated heterocycles. The van der Waals surface area contributed by atoms with Crippen molar-refractivity contribution in [1.29, 1.82) is 0 Å². The molecule has 1 atom stereocenters. The number of nitrogens with zero attached hydrogens (tertiary/aromatic N) is 2. The number of H-pyrrole nitrogens is 1. The number of aromatic nitrogens is 2. The summed E-state index contributed by atoms with van der Waals surface area (Å²) >= 11 is 0. The second-order valence-electron chi connectivity index (χ2n) is 6.29. The third kappa shape index (κ3) is 3.52. The molecule has 0 unspecified atom stereocenters. The highest BCUT2D eigenvalue weighted by Gasteiger charge is 2.27. The monoisotopic (exact) mass is 343 g/mol. The minimum absolute atomic E-state index is 0.0389. The summed E-state index contributed by atoms with van der Waals surface area (Å²) in [6.07, 6.45) is 0. The minimum Gasteiger partial charge on any atom is -0.486 e. The van der Waals surface area contributed by atoms with Gasteiger partial charge in [0, 0.05) is 19.2 Å². The van der Waals surface area contributed by atoms with Crippen molar-refractivity contribution < 1.29 is 14.2 Å². The molecule has 0 bridgehead atoms. The molecule has 1 aromatic carbocycles. The number of rotatable bonds is 3. The molecule has 0 amide bonds. The lowest BCUT2D eigenvalue weighted by molar-refractivity contribution is -0.0144. The molecule has 0 aliphatic carbocycles. The maximum Gasteiger partial charge on any atom is 0.251 e. The number of benzene rings is 1. The van der Waals surface area contributed by atoms with Gasteiger partial charge >= 0.3 is 0 Å². The van der Waals surface area contributed by atoms with E-state index >= 15 is 0 Å². The van der Waals surface area contributed by atoms with Crippen LogP contribution in [0.15, 0.2) is 29.1 Å². The molecule has 25 heavy (non-hydrogen) atoms. The summed E-state index contributed by atoms with van der Waals surface area (Å²) in [7, 11) is 0. The Morgan fingerprint density at radius 2 is 2.04 bits per heavy atom. The molecule has 4 rings (SSSR count). The Morgan fingerprint density at radius 3 is 2.88 bits per heavy atom. The summed E-state index contributed by atoms with van der Waals surface area (Å²) in [5.74, 6) is 2.20. The molecule has 2 aromatic rings. The molecule has 1 aromatic heterocycles. The van der Waals surface area contributed by atoms with Crippen LogP contribution in [0.5, 0.6) is 11.5 Å². The average Bonchev–Trinajstić information content (AvgIpc) is 2.61. The van der Waals surface area contributed by atoms with Crippen molar-refractivity contribution in [2.45, 2.75) is 19.5 Å². The quantitative estimate of drug-likeness (QED) is 0.908. The lowest BCUT2D eigenvalue weighted by Gasteiger charge is -2.35. The maximum atomic E-state index is 11.8. The van der Waals surface area contributed by atoms with Gasteiger partial charge in [-0.05, 0) is 24.6 Å². The Balaban J connectivity index is 1.58. The second-order valence-corrected chi connectivity index (χ2v) is 6.29. The molecule has 2 aliphatic heterocycles. The van der Waals surface area contributed by atoms with Crippen LogP contribution in [0.3, 0.4) is 0 Å². The molecule has 132 valence electrons. The van der Waals surface area contributed by atoms with Crippen LogP contribution >= 0.6 is 0 Å². The van der Waals surface area contributed by atoms with Gasteiger partial charge in [-0.1, -0.05) is 6.07 Å². The van der Waals surface area contributed by atoms with Crippen LogP contribution in [0.2, 0.25) is 0 Å². The summed E-state index contributed by atoms with van der Waals surface area (Å²) in [5, 5.41) is 0. The zero-order chi connectivity index (χ0) is 17.2. The van der Waals surface area contributed by atoms with Gasteiger partial charge in [0.25, 0.3) is 5.56 Å². The summed E-state index contributed by atoms with van der Waals surface area (Å²) in [4.78, 5) is 21.3. The predicted molar refractivity (Wildman–Crippen MR) is 91.0 cm³/mol. The molecule has 0 spiro atoms. The van der Waals surface area contributed by atoms with Crippen LogP contribution < -0.4 is 15.0 Å². The van der Waals surface area contributed by atoms with Gasteiger partial charge in [-0.2, -0.15) is 0 Å². The van der Waals surface area contributed by atoms with Crippen LogP contribution in [0.25, 0.3) is 0 Å². The number of hydrogen-bond donors (Lipinski definition) is 1. The molecular formula is C18H21N3O4. The number of aryl methyl sites for hydroxylation is 1. The lowest BCUT2D eigenvalue weighted by atomic mass is 10.1. The molecule has 1 N–H and O–H groups in total. The smallest absolute Gasteiger partial charge is 0.251 e. The highest BCUT2D eigenvalue weighted by atomic mass is 16.6. The van der Waals surface area contributed by atoms with E-state index in [2.05, 4.69) is 20.9 Å². The van der Waals surface area contributed by atoms with E-state index in [0.717, 1.165) is 35.8 Å². The Kier molecular flexibility index (Phi) is 4.42. The first kappa shape index (κ1) is 16.1. The fraction of sp³-hybridized carbons (Fsp3) is 0.444. The number of morpholine rings is 1. The van der Waals surface area contributed by atoms with E-state index in [4.69, 9.17) is 14.2 Å². The van der Waals surface area contributed by atoms with Gasteiger partial charge in [0.2, 0.25) is 0 Å². The summed E-state index contributed by atoms with van der Waals surface area (Å²) in [6, 6.07) is 7.55. The van der Waals surface area contributed by atoms with Crippen molar-refractivity contribution in [1.82, 2.24) is 14.9 Å². The van der Waals surface area contributed by atoms with Gasteiger partial charge in [-0.3, -0.25) is 9.69 Å². The van der Waals surface area contributed by atoms with E-state index in [-0.39, 0.29) is 11.6 Å². The molecule has 7 heteroatoms. The third-order valence-electron chi connectivity index (χ3n) is 4.45. The lowest BCUT2D eigenvalue weighted by Crippen LogP contribution is -2.40. The van der Waals surface area contributed by atoms with Crippen molar-refractivity contribution in [3.8, 4) is 11.5 Å². The second kappa shape index (κ2) is 6.85. The molecule has 2 aliphatic rings. The highest BCUT2D eigenvalue weighted by Crippen LogP contribution is 2.32. The topological polar surface area (TPSA) is 76.7 Å². The van der Waals surface area contributed by atoms with Crippen LogP contribution in [0.4, 0.5) is 0 Å². The average molecular weight is 343 g/mol. The first-order valence-electron chi connectivity index (χ1n) is 8.47. The fourth-order valence-electron chi connectivity index (χ4n) is 3.29. The zero-order valence-electron chi connectivity index (χ0n) is 14.2. The molecular weight excluding hydrogens is 322 g/mol. The number of hydrogen-bond acceptors (Lipinski definition) is 6. The standard InChI is InChI=1S/C18H21N3O4/c1-12-19-14(9-18(22)20-12)15-11-23-5-4-21(15)10-13-2-3-16-17(8-13)25-7-6-24-16/h2-3,8-9,15H,4-7,10-11H2,1H3,(H,19,20,22)/t15-/m1/s1.